The van der Waals surface area contributed by atoms with E-state index in [1.54, 1.807) is 17.5 Å². The van der Waals surface area contributed by atoms with E-state index in [0.717, 1.165) is 4.47 Å². The van der Waals surface area contributed by atoms with Crippen LogP contribution in [0.15, 0.2) is 34.1 Å². The van der Waals surface area contributed by atoms with Crippen LogP contribution in [0.25, 0.3) is 0 Å². The number of anilines is 2. The molecule has 0 radical (unpaired) electrons. The molecule has 1 aromatic heterocycles. The number of hydrogen-bond donors (Lipinski definition) is 3. The molecule has 1 aromatic carbocycles. The Kier molecular flexibility index (Phi) is 5.44. The molecule has 1 aliphatic rings. The highest BCUT2D eigenvalue weighted by atomic mass is 79.9. The number of nitrogens with zero attached hydrogens (tertiary/aromatic N) is 1. The zero-order valence-electron chi connectivity index (χ0n) is 13.0. The summed E-state index contributed by atoms with van der Waals surface area (Å²) >= 11 is 4.59. The zero-order valence-corrected chi connectivity index (χ0v) is 15.4. The number of amides is 3. The Bertz CT molecular complexity index is 823. The van der Waals surface area contributed by atoms with Crippen molar-refractivity contribution in [3.05, 3.63) is 39.8 Å². The molecular formula is C16H15BrN4O3S. The Morgan fingerprint density at radius 1 is 1.36 bits per heavy atom. The first-order valence-electron chi connectivity index (χ1n) is 7.59. The fourth-order valence-electron chi connectivity index (χ4n) is 2.38. The molecule has 0 bridgehead atoms. The van der Waals surface area contributed by atoms with Gasteiger partial charge in [0.25, 0.3) is 0 Å². The molecule has 0 saturated carbocycles. The van der Waals surface area contributed by atoms with Gasteiger partial charge in [-0.3, -0.25) is 14.4 Å². The number of thiazole rings is 1. The van der Waals surface area contributed by atoms with Gasteiger partial charge in [0, 0.05) is 22.0 Å². The Hall–Kier alpha value is -2.26. The minimum absolute atomic E-state index is 0.110. The van der Waals surface area contributed by atoms with Gasteiger partial charge in [0.1, 0.15) is 6.04 Å². The lowest BCUT2D eigenvalue weighted by atomic mass is 10.2. The van der Waals surface area contributed by atoms with Crippen LogP contribution in [-0.4, -0.2) is 28.7 Å². The van der Waals surface area contributed by atoms with E-state index in [1.165, 1.54) is 11.3 Å². The number of rotatable bonds is 5. The van der Waals surface area contributed by atoms with Crippen molar-refractivity contribution in [3.63, 3.8) is 0 Å². The van der Waals surface area contributed by atoms with Crippen molar-refractivity contribution in [2.24, 2.45) is 0 Å². The normalized spacial score (nSPS) is 16.4. The number of carbonyl (C=O) groups is 3. The third-order valence-electron chi connectivity index (χ3n) is 3.54. The molecule has 1 saturated heterocycles. The van der Waals surface area contributed by atoms with Gasteiger partial charge >= 0.3 is 0 Å². The van der Waals surface area contributed by atoms with Gasteiger partial charge in [-0.15, -0.1) is 11.3 Å². The predicted molar refractivity (Wildman–Crippen MR) is 98.4 cm³/mol. The molecule has 3 rings (SSSR count). The number of benzene rings is 1. The van der Waals surface area contributed by atoms with Crippen molar-refractivity contribution in [3.8, 4) is 0 Å². The number of hydrogen-bond acceptors (Lipinski definition) is 5. The maximum absolute atomic E-state index is 12.1. The average molecular weight is 423 g/mol. The summed E-state index contributed by atoms with van der Waals surface area (Å²) in [4.78, 5) is 39.5. The lowest BCUT2D eigenvalue weighted by Gasteiger charge is -2.08. The molecule has 130 valence electrons. The summed E-state index contributed by atoms with van der Waals surface area (Å²) < 4.78 is 0.878. The average Bonchev–Trinajstić information content (AvgIpc) is 3.16. The van der Waals surface area contributed by atoms with E-state index in [0.29, 0.717) is 29.4 Å². The highest BCUT2D eigenvalue weighted by Gasteiger charge is 2.27. The van der Waals surface area contributed by atoms with Crippen LogP contribution in [0.3, 0.4) is 0 Å². The topological polar surface area (TPSA) is 100 Å². The number of nitrogens with one attached hydrogen (secondary N) is 3. The Balaban J connectivity index is 1.53. The van der Waals surface area contributed by atoms with Gasteiger partial charge in [-0.1, -0.05) is 22.0 Å². The van der Waals surface area contributed by atoms with Crippen molar-refractivity contribution in [2.45, 2.75) is 25.3 Å². The monoisotopic (exact) mass is 422 g/mol. The van der Waals surface area contributed by atoms with Crippen molar-refractivity contribution < 1.29 is 14.4 Å². The van der Waals surface area contributed by atoms with Crippen molar-refractivity contribution in [2.75, 3.05) is 10.6 Å². The van der Waals surface area contributed by atoms with E-state index in [9.17, 15) is 14.4 Å². The SMILES string of the molecule is O=C(Cc1csc(NC(=O)C2CCC(=O)N2)n1)Nc1cccc(Br)c1. The second kappa shape index (κ2) is 7.75. The van der Waals surface area contributed by atoms with E-state index in [2.05, 4.69) is 36.9 Å². The summed E-state index contributed by atoms with van der Waals surface area (Å²) in [5.74, 6) is -0.598. The van der Waals surface area contributed by atoms with Crippen molar-refractivity contribution in [1.29, 1.82) is 0 Å². The third kappa shape index (κ3) is 4.86. The van der Waals surface area contributed by atoms with Crippen molar-refractivity contribution >= 4 is 55.8 Å². The van der Waals surface area contributed by atoms with Gasteiger partial charge in [-0.05, 0) is 24.6 Å². The van der Waals surface area contributed by atoms with Gasteiger partial charge in [0.05, 0.1) is 12.1 Å². The van der Waals surface area contributed by atoms with E-state index >= 15 is 0 Å². The van der Waals surface area contributed by atoms with Crippen molar-refractivity contribution in [1.82, 2.24) is 10.3 Å². The second-order valence-electron chi connectivity index (χ2n) is 5.53. The smallest absolute Gasteiger partial charge is 0.248 e. The quantitative estimate of drug-likeness (QED) is 0.687. The molecule has 1 fully saturated rings. The first kappa shape index (κ1) is 17.6. The first-order chi connectivity index (χ1) is 12.0. The summed E-state index contributed by atoms with van der Waals surface area (Å²) in [6.07, 6.45) is 0.952. The lowest BCUT2D eigenvalue weighted by molar-refractivity contribution is -0.122. The molecule has 25 heavy (non-hydrogen) atoms. The summed E-state index contributed by atoms with van der Waals surface area (Å²) in [6.45, 7) is 0. The molecule has 0 aliphatic carbocycles. The van der Waals surface area contributed by atoms with Crippen LogP contribution in [0.5, 0.6) is 0 Å². The predicted octanol–water partition coefficient (Wildman–Crippen LogP) is 2.30. The summed E-state index contributed by atoms with van der Waals surface area (Å²) in [5, 5.41) is 10.2. The number of aromatic nitrogens is 1. The fourth-order valence-corrected chi connectivity index (χ4v) is 3.50. The van der Waals surface area contributed by atoms with Crippen LogP contribution >= 0.6 is 27.3 Å². The molecule has 9 heteroatoms. The minimum atomic E-state index is -0.514. The number of carbonyl (C=O) groups excluding carboxylic acids is 3. The third-order valence-corrected chi connectivity index (χ3v) is 4.84. The van der Waals surface area contributed by atoms with E-state index in [1.807, 2.05) is 12.1 Å². The maximum atomic E-state index is 12.1. The van der Waals surface area contributed by atoms with E-state index in [4.69, 9.17) is 0 Å². The highest BCUT2D eigenvalue weighted by Crippen LogP contribution is 2.19. The number of halogens is 1. The molecule has 1 atom stereocenters. The zero-order chi connectivity index (χ0) is 17.8. The first-order valence-corrected chi connectivity index (χ1v) is 9.27. The second-order valence-corrected chi connectivity index (χ2v) is 7.30. The lowest BCUT2D eigenvalue weighted by Crippen LogP contribution is -2.37. The molecule has 1 aliphatic heterocycles. The van der Waals surface area contributed by atoms with Gasteiger partial charge < -0.3 is 16.0 Å². The van der Waals surface area contributed by atoms with Crippen LogP contribution in [-0.2, 0) is 20.8 Å². The minimum Gasteiger partial charge on any atom is -0.344 e. The van der Waals surface area contributed by atoms with Crippen LogP contribution in [0.4, 0.5) is 10.8 Å². The highest BCUT2D eigenvalue weighted by molar-refractivity contribution is 9.10. The standard InChI is InChI=1S/C16H15BrN4O3S/c17-9-2-1-3-10(6-9)18-14(23)7-11-8-25-16(19-11)21-15(24)12-4-5-13(22)20-12/h1-3,6,8,12H,4-5,7H2,(H,18,23)(H,20,22)(H,19,21,24). The Morgan fingerprint density at radius 2 is 2.20 bits per heavy atom. The Morgan fingerprint density at radius 3 is 2.92 bits per heavy atom. The molecule has 7 nitrogen and oxygen atoms in total. The molecule has 0 spiro atoms. The fraction of sp³-hybridized carbons (Fsp3) is 0.250. The maximum Gasteiger partial charge on any atom is 0.248 e. The van der Waals surface area contributed by atoms with Gasteiger partial charge in [-0.25, -0.2) is 4.98 Å². The molecule has 3 amide bonds. The van der Waals surface area contributed by atoms with Gasteiger partial charge in [0.15, 0.2) is 5.13 Å². The molecule has 1 unspecified atom stereocenters. The van der Waals surface area contributed by atoms with Crippen LogP contribution in [0.2, 0.25) is 0 Å². The van der Waals surface area contributed by atoms with E-state index < -0.39 is 6.04 Å². The van der Waals surface area contributed by atoms with Crippen LogP contribution < -0.4 is 16.0 Å². The molecular weight excluding hydrogens is 408 g/mol. The summed E-state index contributed by atoms with van der Waals surface area (Å²) in [7, 11) is 0. The summed E-state index contributed by atoms with van der Waals surface area (Å²) in [5.41, 5.74) is 1.27. The molecule has 2 aromatic rings. The molecule has 3 N–H and O–H groups in total. The molecule has 2 heterocycles. The van der Waals surface area contributed by atoms with Gasteiger partial charge in [-0.2, -0.15) is 0 Å². The largest absolute Gasteiger partial charge is 0.344 e. The van der Waals surface area contributed by atoms with Crippen LogP contribution in [0.1, 0.15) is 18.5 Å². The van der Waals surface area contributed by atoms with E-state index in [-0.39, 0.29) is 24.1 Å². The van der Waals surface area contributed by atoms with Crippen LogP contribution in [0, 0.1) is 0 Å². The summed E-state index contributed by atoms with van der Waals surface area (Å²) in [6, 6.07) is 6.79. The van der Waals surface area contributed by atoms with Gasteiger partial charge in [0.2, 0.25) is 17.7 Å². The Labute approximate surface area is 156 Å².